The van der Waals surface area contributed by atoms with Crippen LogP contribution in [-0.2, 0) is 13.2 Å². The second-order valence-electron chi connectivity index (χ2n) is 5.65. The van der Waals surface area contributed by atoms with Crippen LogP contribution in [0.3, 0.4) is 0 Å². The first-order chi connectivity index (χ1) is 12.7. The summed E-state index contributed by atoms with van der Waals surface area (Å²) in [7, 11) is 1.58. The molecule has 7 heteroatoms. The summed E-state index contributed by atoms with van der Waals surface area (Å²) in [5, 5.41) is 18.2. The van der Waals surface area contributed by atoms with Crippen LogP contribution >= 0.6 is 0 Å². The molecule has 2 aromatic carbocycles. The van der Waals surface area contributed by atoms with Gasteiger partial charge >= 0.3 is 0 Å². The van der Waals surface area contributed by atoms with Gasteiger partial charge in [0.05, 0.1) is 19.9 Å². The molecular formula is C19H21N3O4. The molecule has 1 N–H and O–H groups in total. The number of ether oxygens (including phenoxy) is 3. The lowest BCUT2D eigenvalue weighted by molar-refractivity contribution is 0.0874. The van der Waals surface area contributed by atoms with Crippen LogP contribution in [0.15, 0.2) is 60.8 Å². The molecule has 136 valence electrons. The van der Waals surface area contributed by atoms with Crippen molar-refractivity contribution in [2.75, 3.05) is 13.7 Å². The van der Waals surface area contributed by atoms with Crippen LogP contribution in [0.1, 0.15) is 5.69 Å². The summed E-state index contributed by atoms with van der Waals surface area (Å²) in [5.41, 5.74) is 0.687. The first-order valence-corrected chi connectivity index (χ1v) is 8.25. The summed E-state index contributed by atoms with van der Waals surface area (Å²) in [4.78, 5) is 0. The topological polar surface area (TPSA) is 78.6 Å². The molecule has 0 aliphatic carbocycles. The van der Waals surface area contributed by atoms with Gasteiger partial charge in [0.15, 0.2) is 11.5 Å². The van der Waals surface area contributed by atoms with Crippen LogP contribution in [0.2, 0.25) is 0 Å². The van der Waals surface area contributed by atoms with E-state index in [9.17, 15) is 5.11 Å². The zero-order valence-corrected chi connectivity index (χ0v) is 14.5. The quantitative estimate of drug-likeness (QED) is 0.635. The van der Waals surface area contributed by atoms with Crippen molar-refractivity contribution in [1.82, 2.24) is 15.0 Å². The molecule has 3 aromatic rings. The molecule has 0 saturated carbocycles. The third kappa shape index (κ3) is 4.97. The number of aliphatic hydroxyl groups excluding tert-OH is 1. The largest absolute Gasteiger partial charge is 0.493 e. The molecule has 0 aliphatic heterocycles. The number of rotatable bonds is 9. The normalized spacial score (nSPS) is 11.8. The maximum atomic E-state index is 10.2. The van der Waals surface area contributed by atoms with Crippen LogP contribution in [0.5, 0.6) is 17.2 Å². The summed E-state index contributed by atoms with van der Waals surface area (Å²) < 4.78 is 18.0. The minimum absolute atomic E-state index is 0.121. The van der Waals surface area contributed by atoms with E-state index in [4.69, 9.17) is 14.2 Å². The van der Waals surface area contributed by atoms with E-state index in [0.717, 1.165) is 5.75 Å². The number of nitrogens with zero attached hydrogens (tertiary/aromatic N) is 3. The van der Waals surface area contributed by atoms with Crippen LogP contribution < -0.4 is 14.2 Å². The zero-order chi connectivity index (χ0) is 18.2. The van der Waals surface area contributed by atoms with E-state index in [1.807, 2.05) is 42.5 Å². The van der Waals surface area contributed by atoms with Gasteiger partial charge < -0.3 is 19.3 Å². The smallest absolute Gasteiger partial charge is 0.161 e. The van der Waals surface area contributed by atoms with E-state index < -0.39 is 6.10 Å². The average Bonchev–Trinajstić information content (AvgIpc) is 3.13. The lowest BCUT2D eigenvalue weighted by atomic mass is 10.3. The Labute approximate surface area is 151 Å². The molecule has 0 amide bonds. The molecule has 1 heterocycles. The minimum Gasteiger partial charge on any atom is -0.493 e. The third-order valence-corrected chi connectivity index (χ3v) is 3.61. The van der Waals surface area contributed by atoms with Gasteiger partial charge in [0.2, 0.25) is 0 Å². The van der Waals surface area contributed by atoms with Crippen molar-refractivity contribution < 1.29 is 19.3 Å². The van der Waals surface area contributed by atoms with E-state index in [1.54, 1.807) is 30.1 Å². The van der Waals surface area contributed by atoms with Gasteiger partial charge in [0.25, 0.3) is 0 Å². The van der Waals surface area contributed by atoms with E-state index in [0.29, 0.717) is 23.8 Å². The number of methoxy groups -OCH3 is 1. The first-order valence-electron chi connectivity index (χ1n) is 8.25. The lowest BCUT2D eigenvalue weighted by Gasteiger charge is -2.14. The van der Waals surface area contributed by atoms with Gasteiger partial charge in [-0.3, -0.25) is 0 Å². The summed E-state index contributed by atoms with van der Waals surface area (Å²) in [6.07, 6.45) is 1.01. The minimum atomic E-state index is -0.732. The fraction of sp³-hybridized carbons (Fsp3) is 0.263. The van der Waals surface area contributed by atoms with Gasteiger partial charge in [-0.05, 0) is 24.3 Å². The summed E-state index contributed by atoms with van der Waals surface area (Å²) in [6.45, 7) is 0.710. The summed E-state index contributed by atoms with van der Waals surface area (Å²) in [6, 6.07) is 16.8. The molecule has 3 rings (SSSR count). The third-order valence-electron chi connectivity index (χ3n) is 3.61. The molecule has 0 saturated heterocycles. The zero-order valence-electron chi connectivity index (χ0n) is 14.5. The van der Waals surface area contributed by atoms with Gasteiger partial charge in [-0.2, -0.15) is 0 Å². The predicted molar refractivity (Wildman–Crippen MR) is 95.3 cm³/mol. The fourth-order valence-corrected chi connectivity index (χ4v) is 2.36. The van der Waals surface area contributed by atoms with Gasteiger partial charge in [-0.1, -0.05) is 35.5 Å². The van der Waals surface area contributed by atoms with Gasteiger partial charge in [0, 0.05) is 0 Å². The Balaban J connectivity index is 1.47. The van der Waals surface area contributed by atoms with Crippen molar-refractivity contribution in [1.29, 1.82) is 0 Å². The molecule has 1 aromatic heterocycles. The Morgan fingerprint density at radius 3 is 2.50 bits per heavy atom. The van der Waals surface area contributed by atoms with Crippen molar-refractivity contribution in [3.8, 4) is 17.2 Å². The molecule has 7 nitrogen and oxygen atoms in total. The van der Waals surface area contributed by atoms with Crippen LogP contribution in [0.25, 0.3) is 0 Å². The Kier molecular flexibility index (Phi) is 6.05. The number of benzene rings is 2. The summed E-state index contributed by atoms with van der Waals surface area (Å²) in [5.74, 6) is 1.98. The maximum absolute atomic E-state index is 10.2. The van der Waals surface area contributed by atoms with E-state index in [1.165, 1.54) is 0 Å². The Morgan fingerprint density at radius 1 is 1.00 bits per heavy atom. The molecule has 0 bridgehead atoms. The average molecular weight is 355 g/mol. The number of hydrogen-bond acceptors (Lipinski definition) is 6. The highest BCUT2D eigenvalue weighted by Gasteiger charge is 2.11. The van der Waals surface area contributed by atoms with Gasteiger partial charge in [-0.15, -0.1) is 5.10 Å². The molecule has 0 radical (unpaired) electrons. The Morgan fingerprint density at radius 2 is 1.73 bits per heavy atom. The van der Waals surface area contributed by atoms with Gasteiger partial charge in [-0.25, -0.2) is 4.68 Å². The molecule has 1 atom stereocenters. The highest BCUT2D eigenvalue weighted by atomic mass is 16.5. The highest BCUT2D eigenvalue weighted by molar-refractivity contribution is 5.39. The monoisotopic (exact) mass is 355 g/mol. The van der Waals surface area contributed by atoms with E-state index >= 15 is 0 Å². The van der Waals surface area contributed by atoms with E-state index in [-0.39, 0.29) is 13.2 Å². The van der Waals surface area contributed by atoms with Gasteiger partial charge in [0.1, 0.15) is 30.8 Å². The highest BCUT2D eigenvalue weighted by Crippen LogP contribution is 2.25. The maximum Gasteiger partial charge on any atom is 0.161 e. The van der Waals surface area contributed by atoms with Crippen molar-refractivity contribution in [2.24, 2.45) is 0 Å². The SMILES string of the molecule is COc1ccccc1OCC(O)Cn1cc(COc2ccccc2)nn1. The standard InChI is InChI=1S/C19H21N3O4/c1-24-18-9-5-6-10-19(18)26-14-16(23)12-22-11-15(20-21-22)13-25-17-7-3-2-4-8-17/h2-11,16,23H,12-14H2,1H3. The second kappa shape index (κ2) is 8.87. The van der Waals surface area contributed by atoms with Crippen LogP contribution in [0, 0.1) is 0 Å². The van der Waals surface area contributed by atoms with Crippen molar-refractivity contribution >= 4 is 0 Å². The number of aliphatic hydroxyl groups is 1. The second-order valence-corrected chi connectivity index (χ2v) is 5.65. The Hall–Kier alpha value is -3.06. The predicted octanol–water partition coefficient (Wildman–Crippen LogP) is 2.31. The fourth-order valence-electron chi connectivity index (χ4n) is 2.36. The first kappa shape index (κ1) is 17.8. The van der Waals surface area contributed by atoms with Crippen molar-refractivity contribution in [2.45, 2.75) is 19.3 Å². The van der Waals surface area contributed by atoms with Crippen molar-refractivity contribution in [3.63, 3.8) is 0 Å². The van der Waals surface area contributed by atoms with E-state index in [2.05, 4.69) is 10.3 Å². The molecule has 26 heavy (non-hydrogen) atoms. The summed E-state index contributed by atoms with van der Waals surface area (Å²) >= 11 is 0. The Bertz CT molecular complexity index is 807. The van der Waals surface area contributed by atoms with Crippen molar-refractivity contribution in [3.05, 3.63) is 66.5 Å². The molecule has 1 unspecified atom stereocenters. The van der Waals surface area contributed by atoms with Crippen LogP contribution in [0.4, 0.5) is 0 Å². The number of aromatic nitrogens is 3. The lowest BCUT2D eigenvalue weighted by Crippen LogP contribution is -2.24. The molecule has 0 spiro atoms. The molecule has 0 aliphatic rings. The molecular weight excluding hydrogens is 334 g/mol. The molecule has 0 fully saturated rings. The number of hydrogen-bond donors (Lipinski definition) is 1. The number of para-hydroxylation sites is 3. The van der Waals surface area contributed by atoms with Crippen LogP contribution in [-0.4, -0.2) is 39.9 Å².